The van der Waals surface area contributed by atoms with E-state index in [1.807, 2.05) is 40.9 Å². The fourth-order valence-corrected chi connectivity index (χ4v) is 3.23. The molecule has 0 unspecified atom stereocenters. The minimum atomic E-state index is -0.199. The predicted molar refractivity (Wildman–Crippen MR) is 86.3 cm³/mol. The molecule has 0 aliphatic carbocycles. The Morgan fingerprint density at radius 2 is 2.14 bits per heavy atom. The van der Waals surface area contributed by atoms with E-state index in [-0.39, 0.29) is 11.8 Å². The second kappa shape index (κ2) is 7.31. The molecule has 5 heteroatoms. The summed E-state index contributed by atoms with van der Waals surface area (Å²) in [6.45, 7) is 7.61. The van der Waals surface area contributed by atoms with E-state index in [9.17, 15) is 9.59 Å². The maximum Gasteiger partial charge on any atom is 0.253 e. The second-order valence-corrected chi connectivity index (χ2v) is 6.60. The highest BCUT2D eigenvalue weighted by Gasteiger charge is 2.22. The van der Waals surface area contributed by atoms with Gasteiger partial charge in [0.15, 0.2) is 0 Å². The fraction of sp³-hybridized carbons (Fsp3) is 0.375. The SMILES string of the molecule is C=CC(=O)NCc1ccc(C(=O)N2CCS[C@H](C)C2)cc1. The van der Waals surface area contributed by atoms with Crippen LogP contribution in [0.4, 0.5) is 0 Å². The molecule has 4 nitrogen and oxygen atoms in total. The zero-order valence-electron chi connectivity index (χ0n) is 12.2. The average Bonchev–Trinajstić information content (AvgIpc) is 2.52. The molecular formula is C16H20N2O2S. The van der Waals surface area contributed by atoms with Gasteiger partial charge >= 0.3 is 0 Å². The van der Waals surface area contributed by atoms with Crippen LogP contribution in [0.3, 0.4) is 0 Å². The molecule has 1 aliphatic heterocycles. The van der Waals surface area contributed by atoms with Crippen molar-refractivity contribution in [3.05, 3.63) is 48.0 Å². The van der Waals surface area contributed by atoms with Crippen molar-refractivity contribution in [2.45, 2.75) is 18.7 Å². The van der Waals surface area contributed by atoms with Gasteiger partial charge in [-0.2, -0.15) is 11.8 Å². The Morgan fingerprint density at radius 1 is 1.43 bits per heavy atom. The zero-order chi connectivity index (χ0) is 15.2. The summed E-state index contributed by atoms with van der Waals surface area (Å²) in [5, 5.41) is 3.21. The van der Waals surface area contributed by atoms with Gasteiger partial charge in [-0.3, -0.25) is 9.59 Å². The lowest BCUT2D eigenvalue weighted by atomic mass is 10.1. The number of carbonyl (C=O) groups excluding carboxylic acids is 2. The Bertz CT molecular complexity index is 528. The van der Waals surface area contributed by atoms with Crippen LogP contribution in [0.1, 0.15) is 22.8 Å². The van der Waals surface area contributed by atoms with Gasteiger partial charge in [0, 0.05) is 36.2 Å². The number of hydrogen-bond donors (Lipinski definition) is 1. The van der Waals surface area contributed by atoms with Crippen molar-refractivity contribution < 1.29 is 9.59 Å². The minimum absolute atomic E-state index is 0.0869. The highest BCUT2D eigenvalue weighted by molar-refractivity contribution is 7.99. The van der Waals surface area contributed by atoms with E-state index in [4.69, 9.17) is 0 Å². The Balaban J connectivity index is 1.96. The van der Waals surface area contributed by atoms with Crippen molar-refractivity contribution in [3.63, 3.8) is 0 Å². The van der Waals surface area contributed by atoms with Gasteiger partial charge in [-0.05, 0) is 23.8 Å². The summed E-state index contributed by atoms with van der Waals surface area (Å²) in [4.78, 5) is 25.4. The van der Waals surface area contributed by atoms with E-state index in [1.165, 1.54) is 6.08 Å². The normalized spacial score (nSPS) is 18.1. The van der Waals surface area contributed by atoms with Gasteiger partial charge in [0.05, 0.1) is 0 Å². The minimum Gasteiger partial charge on any atom is -0.348 e. The molecule has 0 saturated carbocycles. The molecule has 1 fully saturated rings. The quantitative estimate of drug-likeness (QED) is 0.866. The largest absolute Gasteiger partial charge is 0.348 e. The van der Waals surface area contributed by atoms with Gasteiger partial charge in [-0.25, -0.2) is 0 Å². The summed E-state index contributed by atoms with van der Waals surface area (Å²) < 4.78 is 0. The molecule has 1 saturated heterocycles. The molecule has 1 atom stereocenters. The summed E-state index contributed by atoms with van der Waals surface area (Å²) in [5.41, 5.74) is 1.66. The van der Waals surface area contributed by atoms with Crippen LogP contribution < -0.4 is 5.32 Å². The first kappa shape index (κ1) is 15.6. The van der Waals surface area contributed by atoms with Crippen molar-refractivity contribution in [2.24, 2.45) is 0 Å². The molecule has 1 aromatic carbocycles. The molecular weight excluding hydrogens is 284 g/mol. The van der Waals surface area contributed by atoms with Crippen LogP contribution in [0.2, 0.25) is 0 Å². The summed E-state index contributed by atoms with van der Waals surface area (Å²) in [5.74, 6) is 0.886. The Hall–Kier alpha value is -1.75. The number of nitrogens with zero attached hydrogens (tertiary/aromatic N) is 1. The van der Waals surface area contributed by atoms with Gasteiger partial charge in [0.25, 0.3) is 5.91 Å². The van der Waals surface area contributed by atoms with E-state index >= 15 is 0 Å². The second-order valence-electron chi connectivity index (χ2n) is 5.05. The molecule has 1 N–H and O–H groups in total. The third-order valence-corrected chi connectivity index (χ3v) is 4.52. The lowest BCUT2D eigenvalue weighted by molar-refractivity contribution is -0.116. The van der Waals surface area contributed by atoms with Crippen LogP contribution >= 0.6 is 11.8 Å². The van der Waals surface area contributed by atoms with Gasteiger partial charge in [0.2, 0.25) is 5.91 Å². The number of rotatable bonds is 4. The Labute approximate surface area is 129 Å². The van der Waals surface area contributed by atoms with Crippen molar-refractivity contribution >= 4 is 23.6 Å². The van der Waals surface area contributed by atoms with E-state index in [0.717, 1.165) is 24.4 Å². The number of amides is 2. The Kier molecular flexibility index (Phi) is 5.44. The molecule has 21 heavy (non-hydrogen) atoms. The third-order valence-electron chi connectivity index (χ3n) is 3.38. The molecule has 0 radical (unpaired) electrons. The zero-order valence-corrected chi connectivity index (χ0v) is 13.0. The standard InChI is InChI=1S/C16H20N2O2S/c1-3-15(19)17-10-13-4-6-14(7-5-13)16(20)18-8-9-21-12(2)11-18/h3-7,12H,1,8-11H2,2H3,(H,17,19)/t12-/m1/s1. The summed E-state index contributed by atoms with van der Waals surface area (Å²) in [6, 6.07) is 7.39. The summed E-state index contributed by atoms with van der Waals surface area (Å²) in [6.07, 6.45) is 1.24. The lowest BCUT2D eigenvalue weighted by Gasteiger charge is -2.30. The first-order valence-corrected chi connectivity index (χ1v) is 8.05. The van der Waals surface area contributed by atoms with Crippen LogP contribution in [0, 0.1) is 0 Å². The smallest absolute Gasteiger partial charge is 0.253 e. The summed E-state index contributed by atoms with van der Waals surface area (Å²) in [7, 11) is 0. The van der Waals surface area contributed by atoms with Crippen molar-refractivity contribution in [1.82, 2.24) is 10.2 Å². The molecule has 1 heterocycles. The first-order chi connectivity index (χ1) is 10.1. The Morgan fingerprint density at radius 3 is 2.76 bits per heavy atom. The fourth-order valence-electron chi connectivity index (χ4n) is 2.21. The summed E-state index contributed by atoms with van der Waals surface area (Å²) >= 11 is 1.91. The van der Waals surface area contributed by atoms with Crippen LogP contribution in [0.25, 0.3) is 0 Å². The van der Waals surface area contributed by atoms with Gasteiger partial charge in [-0.15, -0.1) is 0 Å². The van der Waals surface area contributed by atoms with E-state index in [1.54, 1.807) is 0 Å². The van der Waals surface area contributed by atoms with Gasteiger partial charge < -0.3 is 10.2 Å². The number of thioether (sulfide) groups is 1. The molecule has 0 bridgehead atoms. The first-order valence-electron chi connectivity index (χ1n) is 7.00. The third kappa shape index (κ3) is 4.36. The monoisotopic (exact) mass is 304 g/mol. The van der Waals surface area contributed by atoms with Crippen molar-refractivity contribution in [3.8, 4) is 0 Å². The number of benzene rings is 1. The molecule has 0 spiro atoms. The van der Waals surface area contributed by atoms with E-state index < -0.39 is 0 Å². The lowest BCUT2D eigenvalue weighted by Crippen LogP contribution is -2.41. The van der Waals surface area contributed by atoms with Gasteiger partial charge in [-0.1, -0.05) is 25.6 Å². The van der Waals surface area contributed by atoms with Gasteiger partial charge in [0.1, 0.15) is 0 Å². The van der Waals surface area contributed by atoms with Crippen molar-refractivity contribution in [2.75, 3.05) is 18.8 Å². The topological polar surface area (TPSA) is 49.4 Å². The van der Waals surface area contributed by atoms with E-state index in [0.29, 0.717) is 17.4 Å². The van der Waals surface area contributed by atoms with E-state index in [2.05, 4.69) is 18.8 Å². The maximum absolute atomic E-state index is 12.4. The van der Waals surface area contributed by atoms with Crippen LogP contribution in [0.5, 0.6) is 0 Å². The molecule has 1 aliphatic rings. The molecule has 112 valence electrons. The van der Waals surface area contributed by atoms with Crippen molar-refractivity contribution in [1.29, 1.82) is 0 Å². The number of nitrogens with one attached hydrogen (secondary N) is 1. The predicted octanol–water partition coefficient (Wildman–Crippen LogP) is 2.07. The maximum atomic E-state index is 12.4. The molecule has 2 rings (SSSR count). The number of carbonyl (C=O) groups is 2. The average molecular weight is 304 g/mol. The highest BCUT2D eigenvalue weighted by atomic mass is 32.2. The van der Waals surface area contributed by atoms with Crippen LogP contribution in [-0.2, 0) is 11.3 Å². The molecule has 0 aromatic heterocycles. The molecule has 1 aromatic rings. The van der Waals surface area contributed by atoms with Crippen LogP contribution in [-0.4, -0.2) is 40.8 Å². The number of hydrogen-bond acceptors (Lipinski definition) is 3. The van der Waals surface area contributed by atoms with Crippen LogP contribution in [0.15, 0.2) is 36.9 Å². The highest BCUT2D eigenvalue weighted by Crippen LogP contribution is 2.19. The molecule has 2 amide bonds.